The van der Waals surface area contributed by atoms with E-state index in [1.165, 1.54) is 35.0 Å². The first-order chi connectivity index (χ1) is 17.9. The highest BCUT2D eigenvalue weighted by atomic mass is 19.1. The molecule has 5 N–H and O–H groups in total. The number of nitrogens with zero attached hydrogens (tertiary/aromatic N) is 6. The summed E-state index contributed by atoms with van der Waals surface area (Å²) in [5.41, 5.74) is 1.61. The van der Waals surface area contributed by atoms with Gasteiger partial charge in [0.2, 0.25) is 5.88 Å². The minimum atomic E-state index is -1.61. The standard InChI is InChI=1S/C23H23FN6O7/c24-12-5-7-13(8-6-12)25-27-18-15-3-1-2-4-16(15)29(22(18)35)9-14-10-30(28-26-14)37-23-21(34)20(33)19(32)17(11-31)36-23/h1-8,10,17,19-21,23,31-35H,9,11H2/t17-,19-,20+,21-,23+/m1/s1. The van der Waals surface area contributed by atoms with Crippen LogP contribution in [0.15, 0.2) is 65.0 Å². The number of aliphatic hydroxyl groups excluding tert-OH is 4. The smallest absolute Gasteiger partial charge is 0.256 e. The van der Waals surface area contributed by atoms with Gasteiger partial charge in [0.05, 0.1) is 30.6 Å². The molecule has 37 heavy (non-hydrogen) atoms. The van der Waals surface area contributed by atoms with Crippen molar-refractivity contribution in [2.75, 3.05) is 6.61 Å². The number of aromatic nitrogens is 4. The van der Waals surface area contributed by atoms with E-state index in [4.69, 9.17) is 9.57 Å². The van der Waals surface area contributed by atoms with E-state index in [1.807, 2.05) is 0 Å². The van der Waals surface area contributed by atoms with Crippen LogP contribution in [0.5, 0.6) is 5.88 Å². The molecule has 3 heterocycles. The number of hydrogen-bond donors (Lipinski definition) is 5. The van der Waals surface area contributed by atoms with E-state index < -0.39 is 43.1 Å². The molecule has 0 saturated carbocycles. The second-order valence-electron chi connectivity index (χ2n) is 8.37. The largest absolute Gasteiger partial charge is 0.493 e. The first kappa shape index (κ1) is 24.7. The van der Waals surface area contributed by atoms with Crippen molar-refractivity contribution in [2.24, 2.45) is 10.2 Å². The normalized spacial score (nSPS) is 24.2. The number of para-hydroxylation sites is 1. The topological polar surface area (TPSA) is 180 Å². The minimum absolute atomic E-state index is 0.0520. The first-order valence-electron chi connectivity index (χ1n) is 11.2. The minimum Gasteiger partial charge on any atom is -0.493 e. The highest BCUT2D eigenvalue weighted by molar-refractivity contribution is 5.95. The van der Waals surface area contributed by atoms with Crippen LogP contribution in [0.2, 0.25) is 0 Å². The van der Waals surface area contributed by atoms with Gasteiger partial charge in [0.25, 0.3) is 6.29 Å². The zero-order chi connectivity index (χ0) is 26.1. The molecule has 14 heteroatoms. The Balaban J connectivity index is 1.37. The Morgan fingerprint density at radius 2 is 1.76 bits per heavy atom. The number of ether oxygens (including phenoxy) is 1. The molecule has 2 aromatic carbocycles. The lowest BCUT2D eigenvalue weighted by Gasteiger charge is -2.38. The molecular weight excluding hydrogens is 491 g/mol. The second-order valence-corrected chi connectivity index (χ2v) is 8.37. The molecule has 0 aliphatic carbocycles. The molecule has 0 unspecified atom stereocenters. The Bertz CT molecular complexity index is 1410. The van der Waals surface area contributed by atoms with Crippen molar-refractivity contribution in [1.82, 2.24) is 19.7 Å². The van der Waals surface area contributed by atoms with Crippen molar-refractivity contribution in [3.63, 3.8) is 0 Å². The lowest BCUT2D eigenvalue weighted by molar-refractivity contribution is -0.303. The van der Waals surface area contributed by atoms with Gasteiger partial charge in [0.15, 0.2) is 5.69 Å². The van der Waals surface area contributed by atoms with Crippen molar-refractivity contribution in [1.29, 1.82) is 0 Å². The molecule has 0 spiro atoms. The fraction of sp³-hybridized carbons (Fsp3) is 0.304. The van der Waals surface area contributed by atoms with Gasteiger partial charge in [-0.15, -0.1) is 10.2 Å². The Morgan fingerprint density at radius 3 is 2.51 bits per heavy atom. The average molecular weight is 514 g/mol. The van der Waals surface area contributed by atoms with Gasteiger partial charge < -0.3 is 39.7 Å². The summed E-state index contributed by atoms with van der Waals surface area (Å²) in [7, 11) is 0. The highest BCUT2D eigenvalue weighted by Crippen LogP contribution is 2.39. The monoisotopic (exact) mass is 514 g/mol. The summed E-state index contributed by atoms with van der Waals surface area (Å²) in [5, 5.41) is 66.9. The molecule has 5 atom stereocenters. The number of aromatic hydroxyl groups is 1. The molecule has 0 amide bonds. The van der Waals surface area contributed by atoms with E-state index in [0.717, 1.165) is 4.85 Å². The van der Waals surface area contributed by atoms with Crippen LogP contribution < -0.4 is 4.84 Å². The Labute approximate surface area is 208 Å². The molecule has 5 rings (SSSR count). The summed E-state index contributed by atoms with van der Waals surface area (Å²) in [6.07, 6.45) is -5.96. The van der Waals surface area contributed by atoms with Gasteiger partial charge >= 0.3 is 0 Å². The van der Waals surface area contributed by atoms with Gasteiger partial charge in [0, 0.05) is 5.39 Å². The zero-order valence-corrected chi connectivity index (χ0v) is 19.1. The van der Waals surface area contributed by atoms with Gasteiger partial charge in [-0.1, -0.05) is 23.0 Å². The van der Waals surface area contributed by atoms with Gasteiger partial charge in [-0.3, -0.25) is 0 Å². The number of fused-ring (bicyclic) bond motifs is 1. The van der Waals surface area contributed by atoms with Gasteiger partial charge in [-0.2, -0.15) is 5.11 Å². The van der Waals surface area contributed by atoms with Crippen LogP contribution in [-0.4, -0.2) is 82.6 Å². The maximum atomic E-state index is 13.2. The van der Waals surface area contributed by atoms with Crippen molar-refractivity contribution < 1.29 is 39.5 Å². The first-order valence-corrected chi connectivity index (χ1v) is 11.2. The van der Waals surface area contributed by atoms with Crippen LogP contribution in [0.4, 0.5) is 15.8 Å². The van der Waals surface area contributed by atoms with Crippen LogP contribution in [0.1, 0.15) is 5.69 Å². The number of benzene rings is 2. The van der Waals surface area contributed by atoms with E-state index in [1.54, 1.807) is 24.3 Å². The van der Waals surface area contributed by atoms with Crippen molar-refractivity contribution in [2.45, 2.75) is 37.3 Å². The van der Waals surface area contributed by atoms with Gasteiger partial charge in [-0.05, 0) is 35.5 Å². The Kier molecular flexibility index (Phi) is 6.82. The molecule has 1 fully saturated rings. The van der Waals surface area contributed by atoms with E-state index in [2.05, 4.69) is 20.5 Å². The zero-order valence-electron chi connectivity index (χ0n) is 19.1. The van der Waals surface area contributed by atoms with Crippen molar-refractivity contribution in [3.8, 4) is 5.88 Å². The highest BCUT2D eigenvalue weighted by Gasteiger charge is 2.45. The molecule has 0 bridgehead atoms. The number of rotatable bonds is 7. The molecule has 1 saturated heterocycles. The van der Waals surface area contributed by atoms with Crippen molar-refractivity contribution >= 4 is 22.3 Å². The summed E-state index contributed by atoms with van der Waals surface area (Å²) in [6, 6.07) is 12.6. The van der Waals surface area contributed by atoms with Crippen LogP contribution >= 0.6 is 0 Å². The third kappa shape index (κ3) is 4.87. The average Bonchev–Trinajstić information content (AvgIpc) is 3.46. The van der Waals surface area contributed by atoms with E-state index in [-0.39, 0.29) is 18.1 Å². The maximum absolute atomic E-state index is 13.2. The summed E-state index contributed by atoms with van der Waals surface area (Å²) in [4.78, 5) is 6.32. The van der Waals surface area contributed by atoms with Gasteiger partial charge in [-0.25, -0.2) is 4.39 Å². The maximum Gasteiger partial charge on any atom is 0.256 e. The number of hydrogen-bond acceptors (Lipinski definition) is 11. The number of halogens is 1. The molecule has 1 aliphatic heterocycles. The third-order valence-corrected chi connectivity index (χ3v) is 5.91. The summed E-state index contributed by atoms with van der Waals surface area (Å²) >= 11 is 0. The fourth-order valence-electron chi connectivity index (χ4n) is 3.97. The molecular formula is C23H23FN6O7. The summed E-state index contributed by atoms with van der Waals surface area (Å²) < 4.78 is 20.0. The predicted octanol–water partition coefficient (Wildman–Crippen LogP) is 0.770. The lowest BCUT2D eigenvalue weighted by atomic mass is 9.99. The number of aliphatic hydroxyl groups is 4. The summed E-state index contributed by atoms with van der Waals surface area (Å²) in [6.45, 7) is -0.551. The van der Waals surface area contributed by atoms with E-state index >= 15 is 0 Å². The molecule has 0 radical (unpaired) electrons. The molecule has 2 aromatic heterocycles. The second kappa shape index (κ2) is 10.2. The van der Waals surface area contributed by atoms with Crippen LogP contribution in [-0.2, 0) is 11.3 Å². The van der Waals surface area contributed by atoms with E-state index in [0.29, 0.717) is 22.3 Å². The molecule has 1 aliphatic rings. The fourth-order valence-corrected chi connectivity index (χ4v) is 3.97. The van der Waals surface area contributed by atoms with E-state index in [9.17, 15) is 29.9 Å². The quantitative estimate of drug-likeness (QED) is 0.223. The number of azo groups is 1. The molecule has 194 valence electrons. The van der Waals surface area contributed by atoms with Gasteiger partial charge in [0.1, 0.15) is 35.9 Å². The lowest BCUT2D eigenvalue weighted by Crippen LogP contribution is -2.61. The molecule has 4 aromatic rings. The van der Waals surface area contributed by atoms with Crippen LogP contribution in [0.25, 0.3) is 10.9 Å². The Morgan fingerprint density at radius 1 is 1.00 bits per heavy atom. The predicted molar refractivity (Wildman–Crippen MR) is 124 cm³/mol. The third-order valence-electron chi connectivity index (χ3n) is 5.91. The Hall–Kier alpha value is -3.95. The van der Waals surface area contributed by atoms with Crippen LogP contribution in [0.3, 0.4) is 0 Å². The summed E-state index contributed by atoms with van der Waals surface area (Å²) in [5.74, 6) is -0.585. The van der Waals surface area contributed by atoms with Crippen molar-refractivity contribution in [3.05, 3.63) is 66.2 Å². The molecule has 13 nitrogen and oxygen atoms in total. The SMILES string of the molecule is OC[C@H]1O[C@@H](On2cc(Cn3c(O)c(N=Nc4ccc(F)cc4)c4ccccc43)nn2)[C@H](O)[C@@H](O)[C@@H]1O. The van der Waals surface area contributed by atoms with Crippen LogP contribution in [0, 0.1) is 5.82 Å².